The van der Waals surface area contributed by atoms with Gasteiger partial charge in [-0.1, -0.05) is 24.3 Å². The number of carbonyl (C=O) groups excluding carboxylic acids is 2. The molecule has 15 heavy (non-hydrogen) atoms. The lowest BCUT2D eigenvalue weighted by atomic mass is 10.0. The Morgan fingerprint density at radius 1 is 1.33 bits per heavy atom. The van der Waals surface area contributed by atoms with Crippen LogP contribution in [0.1, 0.15) is 13.3 Å². The van der Waals surface area contributed by atoms with Gasteiger partial charge in [0.1, 0.15) is 0 Å². The van der Waals surface area contributed by atoms with Crippen LogP contribution in [0.2, 0.25) is 0 Å². The lowest BCUT2D eigenvalue weighted by Gasteiger charge is -2.02. The quantitative estimate of drug-likeness (QED) is 0.391. The first kappa shape index (κ1) is 10.9. The SMILES string of the molecule is CC(=O)C1=CC=CC=C(C(=O)N=[N+]=[N-])C1. The van der Waals surface area contributed by atoms with Crippen LogP contribution < -0.4 is 0 Å². The second kappa shape index (κ2) is 4.93. The van der Waals surface area contributed by atoms with Crippen molar-refractivity contribution in [1.82, 2.24) is 0 Å². The number of amides is 1. The zero-order valence-electron chi connectivity index (χ0n) is 8.17. The third kappa shape index (κ3) is 2.93. The normalized spacial score (nSPS) is 14.5. The minimum absolute atomic E-state index is 0.0961. The van der Waals surface area contributed by atoms with E-state index in [1.54, 1.807) is 24.3 Å². The van der Waals surface area contributed by atoms with Crippen molar-refractivity contribution in [2.24, 2.45) is 5.11 Å². The molecule has 1 rings (SSSR count). The molecule has 0 heterocycles. The molecule has 1 amide bonds. The number of rotatable bonds is 2. The largest absolute Gasteiger partial charge is 0.295 e. The zero-order chi connectivity index (χ0) is 11.3. The van der Waals surface area contributed by atoms with Crippen molar-refractivity contribution in [3.8, 4) is 0 Å². The van der Waals surface area contributed by atoms with Gasteiger partial charge >= 0.3 is 0 Å². The molecule has 0 atom stereocenters. The Morgan fingerprint density at radius 2 is 1.93 bits per heavy atom. The van der Waals surface area contributed by atoms with E-state index in [1.807, 2.05) is 0 Å². The maximum atomic E-state index is 11.3. The molecule has 5 heteroatoms. The number of hydrogen-bond acceptors (Lipinski definition) is 2. The summed E-state index contributed by atoms with van der Waals surface area (Å²) in [5.41, 5.74) is 8.97. The van der Waals surface area contributed by atoms with Crippen molar-refractivity contribution in [1.29, 1.82) is 0 Å². The van der Waals surface area contributed by atoms with E-state index in [2.05, 4.69) is 10.0 Å². The van der Waals surface area contributed by atoms with Crippen LogP contribution in [0.15, 0.2) is 40.6 Å². The average molecular weight is 203 g/mol. The Kier molecular flexibility index (Phi) is 3.60. The summed E-state index contributed by atoms with van der Waals surface area (Å²) >= 11 is 0. The molecule has 0 aliphatic heterocycles. The monoisotopic (exact) mass is 203 g/mol. The van der Waals surface area contributed by atoms with Crippen molar-refractivity contribution in [2.45, 2.75) is 13.3 Å². The topological polar surface area (TPSA) is 82.9 Å². The Balaban J connectivity index is 2.95. The van der Waals surface area contributed by atoms with Crippen molar-refractivity contribution >= 4 is 11.7 Å². The number of allylic oxidation sites excluding steroid dienone is 5. The summed E-state index contributed by atoms with van der Waals surface area (Å²) in [6.07, 6.45) is 6.71. The number of Topliss-reactive ketones (excluding diaryl/α,β-unsaturated/α-hetero) is 1. The number of carbonyl (C=O) groups is 2. The summed E-state index contributed by atoms with van der Waals surface area (Å²) < 4.78 is 0. The van der Waals surface area contributed by atoms with Gasteiger partial charge in [0.25, 0.3) is 0 Å². The van der Waals surface area contributed by atoms with Crippen LogP contribution in [-0.4, -0.2) is 11.7 Å². The Labute approximate surface area is 86.4 Å². The average Bonchev–Trinajstić information content (AvgIpc) is 2.43. The first-order chi connectivity index (χ1) is 7.15. The number of ketones is 1. The molecule has 0 radical (unpaired) electrons. The van der Waals surface area contributed by atoms with Crippen LogP contribution in [0.3, 0.4) is 0 Å². The minimum atomic E-state index is -0.642. The summed E-state index contributed by atoms with van der Waals surface area (Å²) in [4.78, 5) is 24.8. The Morgan fingerprint density at radius 3 is 2.47 bits per heavy atom. The molecule has 0 saturated carbocycles. The van der Waals surface area contributed by atoms with Gasteiger partial charge in [-0.2, -0.15) is 0 Å². The van der Waals surface area contributed by atoms with Crippen LogP contribution in [0.5, 0.6) is 0 Å². The number of nitrogens with zero attached hydrogens (tertiary/aromatic N) is 3. The summed E-state index contributed by atoms with van der Waals surface area (Å²) in [7, 11) is 0. The first-order valence-electron chi connectivity index (χ1n) is 4.32. The molecule has 76 valence electrons. The molecule has 0 saturated heterocycles. The van der Waals surface area contributed by atoms with E-state index in [-0.39, 0.29) is 12.2 Å². The molecule has 0 N–H and O–H groups in total. The van der Waals surface area contributed by atoms with Gasteiger partial charge in [-0.15, -0.1) is 0 Å². The lowest BCUT2D eigenvalue weighted by molar-refractivity contribution is -0.114. The Hall–Kier alpha value is -2.13. The Bertz CT molecular complexity index is 438. The second-order valence-corrected chi connectivity index (χ2v) is 3.00. The van der Waals surface area contributed by atoms with Gasteiger partial charge in [0.15, 0.2) is 5.78 Å². The van der Waals surface area contributed by atoms with Crippen molar-refractivity contribution in [3.63, 3.8) is 0 Å². The molecule has 0 fully saturated rings. The zero-order valence-corrected chi connectivity index (χ0v) is 8.17. The van der Waals surface area contributed by atoms with Crippen LogP contribution in [0, 0.1) is 0 Å². The summed E-state index contributed by atoms with van der Waals surface area (Å²) in [6.45, 7) is 1.43. The van der Waals surface area contributed by atoms with E-state index in [9.17, 15) is 9.59 Å². The fraction of sp³-hybridized carbons (Fsp3) is 0.200. The number of hydrogen-bond donors (Lipinski definition) is 0. The maximum Gasteiger partial charge on any atom is 0.245 e. The third-order valence-corrected chi connectivity index (χ3v) is 1.95. The molecule has 0 aromatic rings. The van der Waals surface area contributed by atoms with Gasteiger partial charge in [0.05, 0.1) is 0 Å². The van der Waals surface area contributed by atoms with Gasteiger partial charge in [-0.25, -0.2) is 0 Å². The maximum absolute atomic E-state index is 11.3. The van der Waals surface area contributed by atoms with Crippen molar-refractivity contribution < 1.29 is 9.59 Å². The summed E-state index contributed by atoms with van der Waals surface area (Å²) in [5.74, 6) is -0.739. The molecular formula is C10H9N3O2. The highest BCUT2D eigenvalue weighted by Gasteiger charge is 2.13. The minimum Gasteiger partial charge on any atom is -0.295 e. The van der Waals surface area contributed by atoms with E-state index in [0.29, 0.717) is 11.1 Å². The fourth-order valence-electron chi connectivity index (χ4n) is 1.16. The molecule has 0 unspecified atom stereocenters. The van der Waals surface area contributed by atoms with Gasteiger partial charge in [0.2, 0.25) is 5.91 Å². The molecular weight excluding hydrogens is 194 g/mol. The predicted octanol–water partition coefficient (Wildman–Crippen LogP) is 2.22. The molecule has 0 aromatic carbocycles. The first-order valence-corrected chi connectivity index (χ1v) is 4.32. The molecule has 0 spiro atoms. The smallest absolute Gasteiger partial charge is 0.245 e. The fourth-order valence-corrected chi connectivity index (χ4v) is 1.16. The third-order valence-electron chi connectivity index (χ3n) is 1.95. The predicted molar refractivity (Wildman–Crippen MR) is 54.8 cm³/mol. The highest BCUT2D eigenvalue weighted by molar-refractivity contribution is 6.00. The van der Waals surface area contributed by atoms with Gasteiger partial charge < -0.3 is 0 Å². The molecule has 1 aliphatic rings. The van der Waals surface area contributed by atoms with E-state index in [4.69, 9.17) is 5.53 Å². The molecule has 1 aliphatic carbocycles. The van der Waals surface area contributed by atoms with E-state index >= 15 is 0 Å². The summed E-state index contributed by atoms with van der Waals surface area (Å²) in [6, 6.07) is 0. The van der Waals surface area contributed by atoms with Gasteiger partial charge in [0, 0.05) is 16.9 Å². The van der Waals surface area contributed by atoms with Crippen LogP contribution in [-0.2, 0) is 9.59 Å². The number of azide groups is 1. The van der Waals surface area contributed by atoms with E-state index < -0.39 is 5.91 Å². The van der Waals surface area contributed by atoms with Gasteiger partial charge in [-0.3, -0.25) is 9.59 Å². The molecule has 0 aromatic heterocycles. The van der Waals surface area contributed by atoms with E-state index in [1.165, 1.54) is 6.92 Å². The molecule has 5 nitrogen and oxygen atoms in total. The van der Waals surface area contributed by atoms with Crippen molar-refractivity contribution in [2.75, 3.05) is 0 Å². The molecule has 0 bridgehead atoms. The van der Waals surface area contributed by atoms with Crippen molar-refractivity contribution in [3.05, 3.63) is 45.9 Å². The second-order valence-electron chi connectivity index (χ2n) is 3.00. The highest BCUT2D eigenvalue weighted by Crippen LogP contribution is 2.16. The van der Waals surface area contributed by atoms with E-state index in [0.717, 1.165) is 0 Å². The van der Waals surface area contributed by atoms with Crippen LogP contribution in [0.25, 0.3) is 10.4 Å². The van der Waals surface area contributed by atoms with Crippen LogP contribution in [0.4, 0.5) is 0 Å². The summed E-state index contributed by atoms with van der Waals surface area (Å²) in [5, 5.41) is 2.98. The van der Waals surface area contributed by atoms with Gasteiger partial charge in [-0.05, 0) is 23.1 Å². The van der Waals surface area contributed by atoms with Crippen LogP contribution >= 0.6 is 0 Å². The highest BCUT2D eigenvalue weighted by atomic mass is 16.1. The lowest BCUT2D eigenvalue weighted by Crippen LogP contribution is -2.03. The standard InChI is InChI=1S/C10H9N3O2/c1-7(14)8-4-2-3-5-9(6-8)10(15)12-13-11/h2-5H,6H2,1H3.